The molecular formula is C51H45N5. The minimum atomic E-state index is 0.533. The summed E-state index contributed by atoms with van der Waals surface area (Å²) in [7, 11) is 0. The predicted octanol–water partition coefficient (Wildman–Crippen LogP) is 13.7. The van der Waals surface area contributed by atoms with Crippen molar-refractivity contribution in [3.63, 3.8) is 0 Å². The Kier molecular flexibility index (Phi) is 9.99. The second-order valence-corrected chi connectivity index (χ2v) is 14.6. The van der Waals surface area contributed by atoms with Crippen LogP contribution < -0.4 is 9.80 Å². The van der Waals surface area contributed by atoms with E-state index in [-0.39, 0.29) is 0 Å². The van der Waals surface area contributed by atoms with Gasteiger partial charge in [-0.15, -0.1) is 0 Å². The monoisotopic (exact) mass is 727 g/mol. The summed E-state index contributed by atoms with van der Waals surface area (Å²) < 4.78 is 0. The van der Waals surface area contributed by atoms with Gasteiger partial charge in [0.25, 0.3) is 0 Å². The molecule has 0 unspecified atom stereocenters. The molecule has 0 saturated heterocycles. The van der Waals surface area contributed by atoms with Gasteiger partial charge in [0.15, 0.2) is 11.6 Å². The highest BCUT2D eigenvalue weighted by Gasteiger charge is 2.24. The van der Waals surface area contributed by atoms with E-state index in [1.54, 1.807) is 0 Å². The molecule has 56 heavy (non-hydrogen) atoms. The second kappa shape index (κ2) is 15.5. The second-order valence-electron chi connectivity index (χ2n) is 14.6. The molecule has 0 fully saturated rings. The van der Waals surface area contributed by atoms with Gasteiger partial charge in [-0.3, -0.25) is 4.90 Å². The van der Waals surface area contributed by atoms with Gasteiger partial charge in [-0.2, -0.15) is 9.97 Å². The highest BCUT2D eigenvalue weighted by Crippen LogP contribution is 2.44. The highest BCUT2D eigenvalue weighted by molar-refractivity contribution is 5.85. The topological polar surface area (TPSA) is 45.2 Å². The quantitative estimate of drug-likeness (QED) is 0.148. The van der Waals surface area contributed by atoms with E-state index in [4.69, 9.17) is 15.0 Å². The van der Waals surface area contributed by atoms with Crippen molar-refractivity contribution < 1.29 is 0 Å². The standard InChI is InChI=1S/C51H45N5/c1-34-30-36(3)47(37(4)31-34)56(48-38(5)32-35(2)33-39(48)6)46-28-26-45(27-29-46)55(44-24-22-41(23-25-44)40-16-10-7-11-17-40)51-53-49(42-18-12-8-13-19-42)52-50(54-51)43-20-14-9-15-21-43/h7-33H,1-6H3. The summed E-state index contributed by atoms with van der Waals surface area (Å²) in [5.74, 6) is 1.75. The lowest BCUT2D eigenvalue weighted by atomic mass is 9.98. The summed E-state index contributed by atoms with van der Waals surface area (Å²) in [5, 5.41) is 0. The van der Waals surface area contributed by atoms with Gasteiger partial charge in [0.2, 0.25) is 5.95 Å². The summed E-state index contributed by atoms with van der Waals surface area (Å²) >= 11 is 0. The van der Waals surface area contributed by atoms with E-state index < -0.39 is 0 Å². The van der Waals surface area contributed by atoms with E-state index >= 15 is 0 Å². The van der Waals surface area contributed by atoms with E-state index in [2.05, 4.69) is 148 Å². The average molecular weight is 728 g/mol. The van der Waals surface area contributed by atoms with Gasteiger partial charge in [0, 0.05) is 28.2 Å². The van der Waals surface area contributed by atoms with E-state index in [9.17, 15) is 0 Å². The maximum Gasteiger partial charge on any atom is 0.238 e. The minimum absolute atomic E-state index is 0.533. The molecule has 5 heteroatoms. The zero-order valence-electron chi connectivity index (χ0n) is 32.8. The smallest absolute Gasteiger partial charge is 0.238 e. The van der Waals surface area contributed by atoms with Crippen LogP contribution in [0.15, 0.2) is 164 Å². The van der Waals surface area contributed by atoms with Crippen molar-refractivity contribution >= 4 is 34.4 Å². The van der Waals surface area contributed by atoms with Crippen LogP contribution in [0.2, 0.25) is 0 Å². The molecule has 0 aliphatic rings. The summed E-state index contributed by atoms with van der Waals surface area (Å²) in [4.78, 5) is 19.9. The SMILES string of the molecule is Cc1cc(C)c(N(c2ccc(N(c3ccc(-c4ccccc4)cc3)c3nc(-c4ccccc4)nc(-c4ccccc4)n3)cc2)c2c(C)cc(C)cc2C)c(C)c1. The van der Waals surface area contributed by atoms with Gasteiger partial charge in [0.1, 0.15) is 0 Å². The van der Waals surface area contributed by atoms with Crippen LogP contribution in [0.25, 0.3) is 33.9 Å². The van der Waals surface area contributed by atoms with Crippen LogP contribution in [0.1, 0.15) is 33.4 Å². The predicted molar refractivity (Wildman–Crippen MR) is 234 cm³/mol. The maximum atomic E-state index is 5.17. The molecule has 0 bridgehead atoms. The van der Waals surface area contributed by atoms with Crippen molar-refractivity contribution in [2.45, 2.75) is 41.5 Å². The van der Waals surface area contributed by atoms with E-state index in [0.29, 0.717) is 17.6 Å². The molecule has 1 heterocycles. The van der Waals surface area contributed by atoms with Crippen molar-refractivity contribution in [3.8, 4) is 33.9 Å². The fourth-order valence-corrected chi connectivity index (χ4v) is 7.88. The lowest BCUT2D eigenvalue weighted by Crippen LogP contribution is -2.17. The molecular weight excluding hydrogens is 683 g/mol. The van der Waals surface area contributed by atoms with Gasteiger partial charge >= 0.3 is 0 Å². The van der Waals surface area contributed by atoms with Gasteiger partial charge in [-0.1, -0.05) is 139 Å². The number of aromatic nitrogens is 3. The third-order valence-electron chi connectivity index (χ3n) is 10.2. The molecule has 7 aromatic carbocycles. The third-order valence-corrected chi connectivity index (χ3v) is 10.2. The Balaban J connectivity index is 1.31. The molecule has 0 radical (unpaired) electrons. The maximum absolute atomic E-state index is 5.17. The number of rotatable bonds is 9. The first-order valence-electron chi connectivity index (χ1n) is 19.1. The summed E-state index contributed by atoms with van der Waals surface area (Å²) in [6.07, 6.45) is 0. The number of anilines is 6. The zero-order chi connectivity index (χ0) is 38.8. The fourth-order valence-electron chi connectivity index (χ4n) is 7.88. The van der Waals surface area contributed by atoms with Gasteiger partial charge in [-0.05, 0) is 111 Å². The largest absolute Gasteiger partial charge is 0.309 e. The first-order valence-corrected chi connectivity index (χ1v) is 19.1. The first kappa shape index (κ1) is 36.1. The Bertz CT molecular complexity index is 2460. The number of hydrogen-bond donors (Lipinski definition) is 0. The van der Waals surface area contributed by atoms with Crippen LogP contribution in [0.3, 0.4) is 0 Å². The van der Waals surface area contributed by atoms with E-state index in [1.165, 1.54) is 44.8 Å². The first-order chi connectivity index (χ1) is 27.2. The number of benzene rings is 7. The number of aryl methyl sites for hydroxylation is 6. The van der Waals surface area contributed by atoms with Gasteiger partial charge < -0.3 is 4.90 Å². The molecule has 5 nitrogen and oxygen atoms in total. The molecule has 274 valence electrons. The molecule has 0 aliphatic heterocycles. The summed E-state index contributed by atoms with van der Waals surface area (Å²) in [5.41, 5.74) is 16.9. The molecule has 8 aromatic rings. The minimum Gasteiger partial charge on any atom is -0.309 e. The molecule has 8 rings (SSSR count). The van der Waals surface area contributed by atoms with Crippen molar-refractivity contribution in [3.05, 3.63) is 197 Å². The van der Waals surface area contributed by atoms with Gasteiger partial charge in [-0.25, -0.2) is 4.98 Å². The molecule has 1 aromatic heterocycles. The average Bonchev–Trinajstić information content (AvgIpc) is 3.21. The van der Waals surface area contributed by atoms with Crippen molar-refractivity contribution in [1.29, 1.82) is 0 Å². The zero-order valence-corrected chi connectivity index (χ0v) is 32.8. The van der Waals surface area contributed by atoms with Crippen LogP contribution in [-0.4, -0.2) is 15.0 Å². The molecule has 0 atom stereocenters. The van der Waals surface area contributed by atoms with E-state index in [1.807, 2.05) is 66.7 Å². The molecule has 0 amide bonds. The van der Waals surface area contributed by atoms with Crippen molar-refractivity contribution in [2.24, 2.45) is 0 Å². The number of hydrogen-bond acceptors (Lipinski definition) is 5. The number of nitrogens with zero attached hydrogens (tertiary/aromatic N) is 5. The fraction of sp³-hybridized carbons (Fsp3) is 0.118. The van der Waals surface area contributed by atoms with Gasteiger partial charge in [0.05, 0.1) is 11.4 Å². The van der Waals surface area contributed by atoms with Crippen LogP contribution >= 0.6 is 0 Å². The van der Waals surface area contributed by atoms with Crippen molar-refractivity contribution in [2.75, 3.05) is 9.80 Å². The van der Waals surface area contributed by atoms with E-state index in [0.717, 1.165) is 39.3 Å². The molecule has 0 aliphatic carbocycles. The van der Waals surface area contributed by atoms with Crippen molar-refractivity contribution in [1.82, 2.24) is 15.0 Å². The van der Waals surface area contributed by atoms with Crippen LogP contribution in [0.5, 0.6) is 0 Å². The Morgan fingerprint density at radius 3 is 1.04 bits per heavy atom. The van der Waals surface area contributed by atoms with Crippen LogP contribution in [-0.2, 0) is 0 Å². The molecule has 0 spiro atoms. The Morgan fingerprint density at radius 1 is 0.321 bits per heavy atom. The molecule has 0 N–H and O–H groups in total. The third kappa shape index (κ3) is 7.32. The lowest BCUT2D eigenvalue weighted by Gasteiger charge is -2.32. The highest BCUT2D eigenvalue weighted by atomic mass is 15.3. The van der Waals surface area contributed by atoms with Crippen LogP contribution in [0, 0.1) is 41.5 Å². The Hall–Kier alpha value is -6.85. The normalized spacial score (nSPS) is 11.0. The summed E-state index contributed by atoms with van der Waals surface area (Å²) in [6.45, 7) is 13.2. The summed E-state index contributed by atoms with van der Waals surface area (Å²) in [6, 6.07) is 57.2. The van der Waals surface area contributed by atoms with Crippen LogP contribution in [0.4, 0.5) is 34.4 Å². The Morgan fingerprint density at radius 2 is 0.643 bits per heavy atom. The Labute approximate surface area is 330 Å². The lowest BCUT2D eigenvalue weighted by molar-refractivity contribution is 1.02. The molecule has 0 saturated carbocycles.